The first kappa shape index (κ1) is 22.2. The topological polar surface area (TPSA) is 77.5 Å². The number of anilines is 4. The van der Waals surface area contributed by atoms with Gasteiger partial charge in [0.05, 0.1) is 25.4 Å². The number of rotatable bonds is 7. The Kier molecular flexibility index (Phi) is 6.54. The summed E-state index contributed by atoms with van der Waals surface area (Å²) in [5.41, 5.74) is 0.705. The Labute approximate surface area is 178 Å². The van der Waals surface area contributed by atoms with Crippen molar-refractivity contribution in [2.45, 2.75) is 6.36 Å². The second-order valence-electron chi connectivity index (χ2n) is 5.93. The summed E-state index contributed by atoms with van der Waals surface area (Å²) < 4.78 is 65.4. The van der Waals surface area contributed by atoms with E-state index in [9.17, 15) is 17.6 Å². The highest BCUT2D eigenvalue weighted by molar-refractivity contribution is 6.32. The molecule has 0 unspecified atom stereocenters. The number of nitrogens with one attached hydrogen (secondary N) is 2. The summed E-state index contributed by atoms with van der Waals surface area (Å²) in [6.45, 7) is 0. The summed E-state index contributed by atoms with van der Waals surface area (Å²) in [5, 5.41) is 5.21. The van der Waals surface area contributed by atoms with Gasteiger partial charge in [0.25, 0.3) is 0 Å². The summed E-state index contributed by atoms with van der Waals surface area (Å²) >= 11 is 5.81. The van der Waals surface area contributed by atoms with Crippen LogP contribution < -0.4 is 24.8 Å². The molecule has 2 N–H and O–H groups in total. The van der Waals surface area contributed by atoms with Crippen LogP contribution >= 0.6 is 11.6 Å². The third-order valence-electron chi connectivity index (χ3n) is 3.77. The quantitative estimate of drug-likeness (QED) is 0.441. The summed E-state index contributed by atoms with van der Waals surface area (Å²) in [7, 11) is 2.98. The maximum Gasteiger partial charge on any atom is 0.573 e. The molecule has 0 atom stereocenters. The molecule has 0 aliphatic rings. The normalized spacial score (nSPS) is 11.1. The fraction of sp³-hybridized carbons (Fsp3) is 0.158. The monoisotopic (exact) mass is 458 g/mol. The van der Waals surface area contributed by atoms with Gasteiger partial charge in [-0.2, -0.15) is 4.98 Å². The predicted octanol–water partition coefficient (Wildman–Crippen LogP) is 5.67. The lowest BCUT2D eigenvalue weighted by molar-refractivity contribution is -0.274. The first-order valence-electron chi connectivity index (χ1n) is 8.52. The Balaban J connectivity index is 1.81. The van der Waals surface area contributed by atoms with E-state index in [1.807, 2.05) is 0 Å². The van der Waals surface area contributed by atoms with Crippen LogP contribution in [0.2, 0.25) is 5.02 Å². The van der Waals surface area contributed by atoms with E-state index >= 15 is 0 Å². The van der Waals surface area contributed by atoms with Gasteiger partial charge in [-0.25, -0.2) is 9.37 Å². The molecular formula is C19H15ClF4N4O3. The zero-order chi connectivity index (χ0) is 22.6. The lowest BCUT2D eigenvalue weighted by Gasteiger charge is -2.13. The van der Waals surface area contributed by atoms with Crippen molar-refractivity contribution in [1.29, 1.82) is 0 Å². The van der Waals surface area contributed by atoms with Crippen molar-refractivity contribution < 1.29 is 31.8 Å². The second kappa shape index (κ2) is 9.13. The van der Waals surface area contributed by atoms with Gasteiger partial charge in [-0.05, 0) is 18.2 Å². The molecule has 0 saturated carbocycles. The van der Waals surface area contributed by atoms with E-state index in [-0.39, 0.29) is 22.5 Å². The summed E-state index contributed by atoms with van der Waals surface area (Å²) in [6.07, 6.45) is -3.96. The molecule has 3 rings (SSSR count). The standard InChI is InChI=1S/C19H15ClF4N4O3/c1-29-12-5-11(6-13(8-12)30-2)27-18-25-9-15(21)17(28-18)26-10-3-4-16(14(20)7-10)31-19(22,23)24/h3-9H,1-2H3,(H2,25,26,27,28). The average molecular weight is 459 g/mol. The van der Waals surface area contributed by atoms with Crippen molar-refractivity contribution in [3.8, 4) is 17.2 Å². The van der Waals surface area contributed by atoms with Gasteiger partial charge in [-0.1, -0.05) is 11.6 Å². The van der Waals surface area contributed by atoms with Crippen molar-refractivity contribution in [2.24, 2.45) is 0 Å². The molecule has 0 radical (unpaired) electrons. The minimum atomic E-state index is -4.89. The van der Waals surface area contributed by atoms with E-state index in [1.165, 1.54) is 20.3 Å². The molecule has 1 aromatic heterocycles. The Morgan fingerprint density at radius 1 is 0.935 bits per heavy atom. The molecule has 0 saturated heterocycles. The molecule has 7 nitrogen and oxygen atoms in total. The van der Waals surface area contributed by atoms with Crippen molar-refractivity contribution in [1.82, 2.24) is 9.97 Å². The van der Waals surface area contributed by atoms with Crippen molar-refractivity contribution >= 4 is 34.7 Å². The number of ether oxygens (including phenoxy) is 3. The van der Waals surface area contributed by atoms with Crippen LogP contribution in [0.3, 0.4) is 0 Å². The number of benzene rings is 2. The van der Waals surface area contributed by atoms with Gasteiger partial charge in [0.2, 0.25) is 5.95 Å². The molecule has 3 aromatic rings. The maximum atomic E-state index is 14.2. The summed E-state index contributed by atoms with van der Waals surface area (Å²) in [5.74, 6) is -0.538. The molecule has 2 aromatic carbocycles. The summed E-state index contributed by atoms with van der Waals surface area (Å²) in [6, 6.07) is 8.35. The van der Waals surface area contributed by atoms with Crippen LogP contribution in [-0.2, 0) is 0 Å². The summed E-state index contributed by atoms with van der Waals surface area (Å²) in [4.78, 5) is 7.91. The number of aromatic nitrogens is 2. The molecule has 31 heavy (non-hydrogen) atoms. The number of hydrogen-bond donors (Lipinski definition) is 2. The van der Waals surface area contributed by atoms with Gasteiger partial charge < -0.3 is 24.8 Å². The lowest BCUT2D eigenvalue weighted by atomic mass is 10.3. The van der Waals surface area contributed by atoms with Crippen LogP contribution in [0.4, 0.5) is 40.7 Å². The number of hydrogen-bond acceptors (Lipinski definition) is 7. The van der Waals surface area contributed by atoms with E-state index in [0.29, 0.717) is 17.2 Å². The lowest BCUT2D eigenvalue weighted by Crippen LogP contribution is -2.17. The molecule has 0 aliphatic carbocycles. The highest BCUT2D eigenvalue weighted by Gasteiger charge is 2.32. The smallest absolute Gasteiger partial charge is 0.497 e. The molecule has 0 fully saturated rings. The predicted molar refractivity (Wildman–Crippen MR) is 106 cm³/mol. The van der Waals surface area contributed by atoms with Crippen LogP contribution in [0.25, 0.3) is 0 Å². The molecule has 0 aliphatic heterocycles. The average Bonchev–Trinajstić information content (AvgIpc) is 2.71. The van der Waals surface area contributed by atoms with Crippen molar-refractivity contribution in [2.75, 3.05) is 24.9 Å². The third-order valence-corrected chi connectivity index (χ3v) is 4.07. The van der Waals surface area contributed by atoms with Crippen molar-refractivity contribution in [3.63, 3.8) is 0 Å². The fourth-order valence-electron chi connectivity index (χ4n) is 2.45. The molecular weight excluding hydrogens is 444 g/mol. The Morgan fingerprint density at radius 2 is 1.61 bits per heavy atom. The number of alkyl halides is 3. The van der Waals surface area contributed by atoms with E-state index in [1.54, 1.807) is 18.2 Å². The minimum absolute atomic E-state index is 0.0438. The fourth-order valence-corrected chi connectivity index (χ4v) is 2.67. The van der Waals surface area contributed by atoms with Crippen LogP contribution in [0.1, 0.15) is 0 Å². The number of nitrogens with zero attached hydrogens (tertiary/aromatic N) is 2. The number of methoxy groups -OCH3 is 2. The molecule has 164 valence electrons. The third kappa shape index (κ3) is 6.01. The first-order valence-corrected chi connectivity index (χ1v) is 8.89. The van der Waals surface area contributed by atoms with E-state index in [0.717, 1.165) is 18.3 Å². The van der Waals surface area contributed by atoms with E-state index in [2.05, 4.69) is 25.3 Å². The SMILES string of the molecule is COc1cc(Nc2ncc(F)c(Nc3ccc(OC(F)(F)F)c(Cl)c3)n2)cc(OC)c1. The van der Waals surface area contributed by atoms with Gasteiger partial charge in [-0.15, -0.1) is 13.2 Å². The van der Waals surface area contributed by atoms with E-state index < -0.39 is 17.9 Å². The second-order valence-corrected chi connectivity index (χ2v) is 6.34. The van der Waals surface area contributed by atoms with E-state index in [4.69, 9.17) is 21.1 Å². The highest BCUT2D eigenvalue weighted by Crippen LogP contribution is 2.33. The Morgan fingerprint density at radius 3 is 2.19 bits per heavy atom. The Bertz CT molecular complexity index is 1060. The van der Waals surface area contributed by atoms with Gasteiger partial charge in [0, 0.05) is 29.6 Å². The van der Waals surface area contributed by atoms with Gasteiger partial charge in [0.1, 0.15) is 17.2 Å². The molecule has 0 bridgehead atoms. The Hall–Kier alpha value is -3.47. The molecule has 0 spiro atoms. The van der Waals surface area contributed by atoms with Crippen LogP contribution in [0.5, 0.6) is 17.2 Å². The molecule has 0 amide bonds. The van der Waals surface area contributed by atoms with Crippen molar-refractivity contribution in [3.05, 3.63) is 53.4 Å². The zero-order valence-electron chi connectivity index (χ0n) is 16.1. The number of halogens is 5. The largest absolute Gasteiger partial charge is 0.573 e. The van der Waals surface area contributed by atoms with Gasteiger partial charge in [0.15, 0.2) is 11.6 Å². The minimum Gasteiger partial charge on any atom is -0.497 e. The van der Waals surface area contributed by atoms with Crippen LogP contribution in [0.15, 0.2) is 42.6 Å². The zero-order valence-corrected chi connectivity index (χ0v) is 16.8. The van der Waals surface area contributed by atoms with Gasteiger partial charge >= 0.3 is 6.36 Å². The molecule has 1 heterocycles. The molecule has 12 heteroatoms. The highest BCUT2D eigenvalue weighted by atomic mass is 35.5. The van der Waals surface area contributed by atoms with Gasteiger partial charge in [-0.3, -0.25) is 0 Å². The first-order chi connectivity index (χ1) is 14.7. The van der Waals surface area contributed by atoms with Crippen LogP contribution in [-0.4, -0.2) is 30.5 Å². The van der Waals surface area contributed by atoms with Crippen LogP contribution in [0, 0.1) is 5.82 Å². The maximum absolute atomic E-state index is 14.2.